The molecule has 1 unspecified atom stereocenters. The Bertz CT molecular complexity index is 45.6. The molecular formula is H3NO2P2. The van der Waals surface area contributed by atoms with Crippen LogP contribution in [0.4, 0.5) is 0 Å². The van der Waals surface area contributed by atoms with Crippen molar-refractivity contribution in [3.8, 4) is 0 Å². The monoisotopic (exact) mass is 111 g/mol. The van der Waals surface area contributed by atoms with Crippen molar-refractivity contribution in [3.63, 3.8) is 0 Å². The molecule has 30 valence electrons. The number of hydrogen-bond donors (Lipinski definition) is 2. The smallest absolute Gasteiger partial charge is 0.255 e. The van der Waals surface area contributed by atoms with Gasteiger partial charge in [-0.3, -0.25) is 0 Å². The molecular weight excluding hydrogens is 108 g/mol. The summed E-state index contributed by atoms with van der Waals surface area (Å²) in [5.74, 6) is 0. The maximum Gasteiger partial charge on any atom is 0.255 e. The lowest BCUT2D eigenvalue weighted by molar-refractivity contribution is -0.166. The van der Waals surface area contributed by atoms with Crippen molar-refractivity contribution < 1.29 is 9.79 Å². The van der Waals surface area contributed by atoms with Crippen LogP contribution in [-0.2, 0) is 0 Å². The lowest BCUT2D eigenvalue weighted by Gasteiger charge is -1.70. The topological polar surface area (TPSA) is 69.3 Å². The first-order chi connectivity index (χ1) is 2.27. The Kier molecular flexibility index (Phi) is 2.96. The van der Waals surface area contributed by atoms with Crippen LogP contribution in [0.15, 0.2) is 0 Å². The summed E-state index contributed by atoms with van der Waals surface area (Å²) in [4.78, 5) is 17.1. The first kappa shape index (κ1) is 5.48. The Balaban J connectivity index is 3.14. The van der Waals surface area contributed by atoms with Crippen molar-refractivity contribution in [1.82, 2.24) is 0 Å². The second kappa shape index (κ2) is 2.70. The fourth-order valence-corrected chi connectivity index (χ4v) is 0. The highest BCUT2D eigenvalue weighted by Gasteiger charge is 1.72. The molecule has 0 aromatic heterocycles. The third-order valence-corrected chi connectivity index (χ3v) is 0.889. The van der Waals surface area contributed by atoms with E-state index < -0.39 is 7.66 Å². The molecule has 3 N–H and O–H groups in total. The van der Waals surface area contributed by atoms with Crippen LogP contribution in [0, 0.1) is 0 Å². The van der Waals surface area contributed by atoms with Crippen LogP contribution >= 0.6 is 15.7 Å². The van der Waals surface area contributed by atoms with Gasteiger partial charge < -0.3 is 4.89 Å². The van der Waals surface area contributed by atoms with E-state index in [1.54, 1.807) is 0 Å². The molecule has 0 bridgehead atoms. The highest BCUT2D eigenvalue weighted by atomic mass is 31.8. The molecule has 0 rings (SSSR count). The molecule has 0 amide bonds. The summed E-state index contributed by atoms with van der Waals surface area (Å²) in [5.41, 5.74) is 4.61. The maximum absolute atomic E-state index is 9.38. The summed E-state index contributed by atoms with van der Waals surface area (Å²) in [6, 6.07) is 0. The van der Waals surface area contributed by atoms with Gasteiger partial charge in [-0.2, -0.15) is 4.89 Å². The van der Waals surface area contributed by atoms with Gasteiger partial charge in [-0.25, -0.2) is 5.50 Å². The third-order valence-electron chi connectivity index (χ3n) is 0.0988. The summed E-state index contributed by atoms with van der Waals surface area (Å²) in [6.45, 7) is 0. The number of hydrogen-bond acceptors (Lipinski definition) is 1. The van der Waals surface area contributed by atoms with Gasteiger partial charge in [0.15, 0.2) is 0 Å². The average molecular weight is 111 g/mol. The molecule has 5 heteroatoms. The van der Waals surface area contributed by atoms with Gasteiger partial charge in [0, 0.05) is 0 Å². The van der Waals surface area contributed by atoms with Crippen LogP contribution in [0.2, 0.25) is 0 Å². The van der Waals surface area contributed by atoms with E-state index >= 15 is 0 Å². The predicted molar refractivity (Wildman–Crippen MR) is 20.2 cm³/mol. The Morgan fingerprint density at radius 2 is 2.20 bits per heavy atom. The lowest BCUT2D eigenvalue weighted by Crippen LogP contribution is -1.80. The molecule has 0 spiro atoms. The van der Waals surface area contributed by atoms with Crippen molar-refractivity contribution in [3.05, 3.63) is 0 Å². The van der Waals surface area contributed by atoms with Crippen molar-refractivity contribution in [2.24, 2.45) is 5.50 Å². The second-order valence-corrected chi connectivity index (χ2v) is 2.82. The quantitative estimate of drug-likeness (QED) is 0.409. The molecule has 0 saturated carbocycles. The zero-order chi connectivity index (χ0) is 4.28. The first-order valence-corrected chi connectivity index (χ1v) is 3.72. The van der Waals surface area contributed by atoms with Crippen molar-refractivity contribution in [1.29, 1.82) is 0 Å². The van der Waals surface area contributed by atoms with Crippen LogP contribution in [-0.4, -0.2) is 4.89 Å². The summed E-state index contributed by atoms with van der Waals surface area (Å²) in [5, 5.41) is 0. The molecule has 1 atom stereocenters. The Morgan fingerprint density at radius 1 is 2.00 bits per heavy atom. The summed E-state index contributed by atoms with van der Waals surface area (Å²) in [7, 11) is -2.04. The standard InChI is InChI=1S/H3NO2P2/c1-4-5(2)3/h1H2,(H,2,3). The Morgan fingerprint density at radius 3 is 2.20 bits per heavy atom. The molecule has 0 aliphatic heterocycles. The first-order valence-electron chi connectivity index (χ1n) is 0.841. The molecule has 0 radical (unpaired) electrons. The summed E-state index contributed by atoms with van der Waals surface area (Å²) < 4.78 is 0. The van der Waals surface area contributed by atoms with Crippen molar-refractivity contribution >= 4 is 15.7 Å². The minimum absolute atomic E-state index is 0.0617. The second-order valence-electron chi connectivity index (χ2n) is 0.368. The molecule has 5 heavy (non-hydrogen) atoms. The molecule has 0 fully saturated rings. The van der Waals surface area contributed by atoms with Gasteiger partial charge in [-0.05, 0) is 0 Å². The van der Waals surface area contributed by atoms with Gasteiger partial charge >= 0.3 is 0 Å². The third kappa shape index (κ3) is 4.48. The van der Waals surface area contributed by atoms with Crippen molar-refractivity contribution in [2.45, 2.75) is 0 Å². The van der Waals surface area contributed by atoms with Gasteiger partial charge in [0.2, 0.25) is 8.02 Å². The number of nitrogens with two attached hydrogens (primary N) is 1. The normalized spacial score (nSPS) is 12.2. The van der Waals surface area contributed by atoms with E-state index in [0.29, 0.717) is 0 Å². The fourth-order valence-electron chi connectivity index (χ4n) is 0. The van der Waals surface area contributed by atoms with Crippen LogP contribution in [0.1, 0.15) is 0 Å². The Hall–Kier alpha value is 0.480. The van der Waals surface area contributed by atoms with Crippen molar-refractivity contribution in [2.75, 3.05) is 0 Å². The predicted octanol–water partition coefficient (Wildman–Crippen LogP) is -0.614. The zero-order valence-electron chi connectivity index (χ0n) is 2.33. The fraction of sp³-hybridized carbons (Fsp3) is 0. The maximum atomic E-state index is 9.38. The molecule has 3 nitrogen and oxygen atoms in total. The minimum Gasteiger partial charge on any atom is -0.600 e. The van der Waals surface area contributed by atoms with Crippen LogP contribution in [0.5, 0.6) is 0 Å². The van der Waals surface area contributed by atoms with E-state index in [9.17, 15) is 4.89 Å². The number of rotatable bonds is 0. The SMILES string of the molecule is NP=[P+]([O-])O. The summed E-state index contributed by atoms with van der Waals surface area (Å²) in [6.07, 6.45) is 0. The van der Waals surface area contributed by atoms with Gasteiger partial charge in [0.25, 0.3) is 7.66 Å². The highest BCUT2D eigenvalue weighted by molar-refractivity contribution is 7.85. The largest absolute Gasteiger partial charge is 0.600 e. The molecule has 0 saturated heterocycles. The van der Waals surface area contributed by atoms with E-state index in [4.69, 9.17) is 4.89 Å². The van der Waals surface area contributed by atoms with Gasteiger partial charge in [0.05, 0.1) is 0 Å². The highest BCUT2D eigenvalue weighted by Crippen LogP contribution is 2.12. The van der Waals surface area contributed by atoms with Crippen LogP contribution < -0.4 is 10.4 Å². The van der Waals surface area contributed by atoms with E-state index in [-0.39, 0.29) is 8.02 Å². The van der Waals surface area contributed by atoms with E-state index in [1.807, 2.05) is 0 Å². The zero-order valence-corrected chi connectivity index (χ0v) is 4.12. The van der Waals surface area contributed by atoms with Crippen LogP contribution in [0.3, 0.4) is 0 Å². The van der Waals surface area contributed by atoms with Gasteiger partial charge in [-0.1, -0.05) is 0 Å². The van der Waals surface area contributed by atoms with E-state index in [0.717, 1.165) is 0 Å². The lowest BCUT2D eigenvalue weighted by atomic mass is 13.9. The minimum atomic E-state index is -2.10. The molecule has 0 aromatic carbocycles. The Labute approximate surface area is 32.0 Å². The van der Waals surface area contributed by atoms with E-state index in [1.165, 1.54) is 0 Å². The van der Waals surface area contributed by atoms with Gasteiger partial charge in [-0.15, -0.1) is 0 Å². The molecule has 0 heterocycles. The molecule has 0 aliphatic rings. The summed E-state index contributed by atoms with van der Waals surface area (Å²) >= 11 is 0. The molecule has 0 aromatic rings. The molecule has 0 aliphatic carbocycles. The van der Waals surface area contributed by atoms with E-state index in [2.05, 4.69) is 5.50 Å². The average Bonchev–Trinajstić information content (AvgIpc) is 1.38. The van der Waals surface area contributed by atoms with Gasteiger partial charge in [0.1, 0.15) is 0 Å². The van der Waals surface area contributed by atoms with Crippen LogP contribution in [0.25, 0.3) is 0 Å².